The summed E-state index contributed by atoms with van der Waals surface area (Å²) in [6.45, 7) is 0. The van der Waals surface area contributed by atoms with Gasteiger partial charge >= 0.3 is 5.97 Å². The van der Waals surface area contributed by atoms with Crippen LogP contribution >= 0.6 is 0 Å². The normalized spacial score (nSPS) is 13.1. The van der Waals surface area contributed by atoms with Gasteiger partial charge in [0.15, 0.2) is 21.4 Å². The van der Waals surface area contributed by atoms with Crippen LogP contribution in [0.2, 0.25) is 0 Å². The highest BCUT2D eigenvalue weighted by molar-refractivity contribution is 7.90. The summed E-state index contributed by atoms with van der Waals surface area (Å²) in [5.74, 6) is -2.57. The lowest BCUT2D eigenvalue weighted by molar-refractivity contribution is -0.137. The highest BCUT2D eigenvalue weighted by atomic mass is 32.2. The van der Waals surface area contributed by atoms with Crippen molar-refractivity contribution in [2.75, 3.05) is 13.4 Å². The van der Waals surface area contributed by atoms with Gasteiger partial charge in [0.25, 0.3) is 0 Å². The number of sulfone groups is 1. The summed E-state index contributed by atoms with van der Waals surface area (Å²) in [5.41, 5.74) is 5.73. The fraction of sp³-hybridized carbons (Fsp3) is 0.364. The summed E-state index contributed by atoms with van der Waals surface area (Å²) >= 11 is 0. The molecule has 0 aliphatic rings. The van der Waals surface area contributed by atoms with Crippen LogP contribution in [0.25, 0.3) is 0 Å². The number of hydrogen-bond donors (Lipinski definition) is 2. The van der Waals surface area contributed by atoms with Gasteiger partial charge in [-0.2, -0.15) is 0 Å². The zero-order chi connectivity index (χ0) is 14.8. The van der Waals surface area contributed by atoms with Crippen molar-refractivity contribution < 1.29 is 27.4 Å². The quantitative estimate of drug-likeness (QED) is 0.827. The molecule has 0 spiro atoms. The first kappa shape index (κ1) is 15.4. The Balaban J connectivity index is 3.38. The average Bonchev–Trinajstić information content (AvgIpc) is 2.25. The molecule has 1 rings (SSSR count). The highest BCUT2D eigenvalue weighted by Gasteiger charge is 2.24. The largest absolute Gasteiger partial charge is 0.493 e. The van der Waals surface area contributed by atoms with E-state index in [-0.39, 0.29) is 11.3 Å². The number of carbonyl (C=O) groups is 1. The van der Waals surface area contributed by atoms with E-state index < -0.39 is 39.0 Å². The molecule has 0 saturated carbocycles. The minimum Gasteiger partial charge on any atom is -0.493 e. The summed E-state index contributed by atoms with van der Waals surface area (Å²) < 4.78 is 41.5. The lowest BCUT2D eigenvalue weighted by Gasteiger charge is -2.16. The van der Waals surface area contributed by atoms with Gasteiger partial charge in [-0.15, -0.1) is 0 Å². The Hall–Kier alpha value is -1.67. The number of hydrogen-bond acceptors (Lipinski definition) is 5. The summed E-state index contributed by atoms with van der Waals surface area (Å²) in [6, 6.07) is 1.31. The zero-order valence-electron chi connectivity index (χ0n) is 10.4. The first-order valence-electron chi connectivity index (χ1n) is 5.22. The maximum Gasteiger partial charge on any atom is 0.305 e. The molecule has 1 aromatic rings. The van der Waals surface area contributed by atoms with Crippen LogP contribution in [0.1, 0.15) is 18.0 Å². The lowest BCUT2D eigenvalue weighted by atomic mass is 10.0. The van der Waals surface area contributed by atoms with E-state index in [1.807, 2.05) is 0 Å². The van der Waals surface area contributed by atoms with Crippen LogP contribution in [0.5, 0.6) is 5.75 Å². The van der Waals surface area contributed by atoms with Crippen LogP contribution in [0.3, 0.4) is 0 Å². The Bertz CT molecular complexity index is 599. The van der Waals surface area contributed by atoms with E-state index >= 15 is 0 Å². The van der Waals surface area contributed by atoms with Gasteiger partial charge in [-0.1, -0.05) is 6.07 Å². The van der Waals surface area contributed by atoms with Crippen LogP contribution in [-0.4, -0.2) is 32.9 Å². The molecular formula is C11H14FNO5S. The third-order valence-corrected chi connectivity index (χ3v) is 3.60. The fourth-order valence-electron chi connectivity index (χ4n) is 1.64. The molecule has 6 nitrogen and oxygen atoms in total. The molecule has 0 radical (unpaired) electrons. The van der Waals surface area contributed by atoms with Crippen molar-refractivity contribution in [3.63, 3.8) is 0 Å². The zero-order valence-corrected chi connectivity index (χ0v) is 11.2. The van der Waals surface area contributed by atoms with Crippen LogP contribution < -0.4 is 10.5 Å². The molecule has 0 aromatic heterocycles. The van der Waals surface area contributed by atoms with Crippen molar-refractivity contribution in [3.05, 3.63) is 23.5 Å². The minimum atomic E-state index is -3.74. The molecule has 0 bridgehead atoms. The van der Waals surface area contributed by atoms with Gasteiger partial charge in [-0.3, -0.25) is 4.79 Å². The standard InChI is InChI=1S/C11H14FNO5S/c1-18-11-6(7(13)5-9(14)15)3-4-8(10(11)12)19(2,16)17/h3-4,7H,5,13H2,1-2H3,(H,14,15). The molecule has 1 atom stereocenters. The van der Waals surface area contributed by atoms with E-state index in [0.717, 1.165) is 19.4 Å². The van der Waals surface area contributed by atoms with Crippen LogP contribution in [0.4, 0.5) is 4.39 Å². The maximum absolute atomic E-state index is 14.0. The monoisotopic (exact) mass is 291 g/mol. The second kappa shape index (κ2) is 5.54. The van der Waals surface area contributed by atoms with Gasteiger partial charge in [0, 0.05) is 17.9 Å². The van der Waals surface area contributed by atoms with Crippen molar-refractivity contribution in [2.24, 2.45) is 5.73 Å². The molecule has 1 unspecified atom stereocenters. The predicted molar refractivity (Wildman–Crippen MR) is 65.2 cm³/mol. The van der Waals surface area contributed by atoms with E-state index in [0.29, 0.717) is 0 Å². The van der Waals surface area contributed by atoms with Crippen LogP contribution in [0.15, 0.2) is 17.0 Å². The summed E-state index contributed by atoms with van der Waals surface area (Å²) in [7, 11) is -2.59. The van der Waals surface area contributed by atoms with Crippen molar-refractivity contribution in [1.29, 1.82) is 0 Å². The number of rotatable bonds is 5. The predicted octanol–water partition coefficient (Wildman–Crippen LogP) is 0.712. The van der Waals surface area contributed by atoms with Gasteiger partial charge in [-0.25, -0.2) is 12.8 Å². The van der Waals surface area contributed by atoms with E-state index in [2.05, 4.69) is 0 Å². The van der Waals surface area contributed by atoms with Gasteiger partial charge in [0.1, 0.15) is 4.90 Å². The Kier molecular flexibility index (Phi) is 4.48. The summed E-state index contributed by atoms with van der Waals surface area (Å²) in [4.78, 5) is 10.1. The van der Waals surface area contributed by atoms with Crippen molar-refractivity contribution >= 4 is 15.8 Å². The molecule has 0 fully saturated rings. The number of ether oxygens (including phenoxy) is 1. The number of carboxylic acid groups (broad SMARTS) is 1. The Morgan fingerprint density at radius 2 is 2.11 bits per heavy atom. The van der Waals surface area contributed by atoms with Crippen LogP contribution in [-0.2, 0) is 14.6 Å². The maximum atomic E-state index is 14.0. The third-order valence-electron chi connectivity index (χ3n) is 2.49. The smallest absolute Gasteiger partial charge is 0.305 e. The van der Waals surface area contributed by atoms with Gasteiger partial charge in [0.05, 0.1) is 13.5 Å². The van der Waals surface area contributed by atoms with E-state index in [4.69, 9.17) is 15.6 Å². The average molecular weight is 291 g/mol. The van der Waals surface area contributed by atoms with Crippen molar-refractivity contribution in [3.8, 4) is 5.75 Å². The molecule has 0 aliphatic heterocycles. The lowest BCUT2D eigenvalue weighted by Crippen LogP contribution is -2.17. The molecule has 0 amide bonds. The molecule has 3 N–H and O–H groups in total. The number of carboxylic acids is 1. The first-order valence-corrected chi connectivity index (χ1v) is 7.11. The second-order valence-electron chi connectivity index (χ2n) is 3.98. The summed E-state index contributed by atoms with van der Waals surface area (Å²) in [6.07, 6.45) is 0.440. The molecular weight excluding hydrogens is 277 g/mol. The van der Waals surface area contributed by atoms with E-state index in [1.54, 1.807) is 0 Å². The number of methoxy groups -OCH3 is 1. The number of benzene rings is 1. The first-order chi connectivity index (χ1) is 8.68. The Morgan fingerprint density at radius 3 is 2.53 bits per heavy atom. The molecule has 0 heterocycles. The number of nitrogens with two attached hydrogens (primary N) is 1. The molecule has 106 valence electrons. The van der Waals surface area contributed by atoms with E-state index in [9.17, 15) is 17.6 Å². The van der Waals surface area contributed by atoms with Crippen molar-refractivity contribution in [1.82, 2.24) is 0 Å². The Labute approximate surface area is 109 Å². The minimum absolute atomic E-state index is 0.106. The van der Waals surface area contributed by atoms with E-state index in [1.165, 1.54) is 6.07 Å². The van der Waals surface area contributed by atoms with Gasteiger partial charge in [0.2, 0.25) is 0 Å². The summed E-state index contributed by atoms with van der Waals surface area (Å²) in [5, 5.41) is 8.65. The van der Waals surface area contributed by atoms with Gasteiger partial charge < -0.3 is 15.6 Å². The molecule has 0 saturated heterocycles. The molecule has 19 heavy (non-hydrogen) atoms. The molecule has 8 heteroatoms. The van der Waals surface area contributed by atoms with Crippen LogP contribution in [0, 0.1) is 5.82 Å². The number of aliphatic carboxylic acids is 1. The third kappa shape index (κ3) is 3.42. The number of halogens is 1. The Morgan fingerprint density at radius 1 is 1.53 bits per heavy atom. The second-order valence-corrected chi connectivity index (χ2v) is 5.96. The SMILES string of the molecule is COc1c(C(N)CC(=O)O)ccc(S(C)(=O)=O)c1F. The highest BCUT2D eigenvalue weighted by Crippen LogP contribution is 2.32. The molecule has 1 aromatic carbocycles. The van der Waals surface area contributed by atoms with Gasteiger partial charge in [-0.05, 0) is 6.07 Å². The fourth-order valence-corrected chi connectivity index (χ4v) is 2.37. The topological polar surface area (TPSA) is 107 Å². The molecule has 0 aliphatic carbocycles. The van der Waals surface area contributed by atoms with Crippen molar-refractivity contribution in [2.45, 2.75) is 17.4 Å².